The number of anilines is 1. The Hall–Kier alpha value is -0.540. The van der Waals surface area contributed by atoms with Crippen LogP contribution in [0.4, 0.5) is 5.69 Å². The van der Waals surface area contributed by atoms with Crippen molar-refractivity contribution in [2.75, 3.05) is 11.4 Å². The van der Waals surface area contributed by atoms with E-state index >= 15 is 0 Å². The third-order valence-electron chi connectivity index (χ3n) is 3.54. The number of aliphatic hydroxyl groups is 1. The summed E-state index contributed by atoms with van der Waals surface area (Å²) in [6, 6.07) is 6.78. The van der Waals surface area contributed by atoms with Crippen molar-refractivity contribution in [3.8, 4) is 0 Å². The summed E-state index contributed by atoms with van der Waals surface area (Å²) in [5.41, 5.74) is 2.20. The van der Waals surface area contributed by atoms with E-state index in [4.69, 9.17) is 0 Å². The first-order valence-corrected chi connectivity index (χ1v) is 7.52. The summed E-state index contributed by atoms with van der Waals surface area (Å²) in [6.45, 7) is 7.42. The van der Waals surface area contributed by atoms with E-state index in [-0.39, 0.29) is 0 Å². The lowest BCUT2D eigenvalue weighted by Crippen LogP contribution is -2.32. The standard InChI is InChI=1S/C15H22BrNO/c1-10(2)17(9-12-4-5-12)13-6-7-14(11(3)18)15(16)8-13/h6-8,10-12,18H,4-5,9H2,1-3H3/t11-/m0/s1. The average Bonchev–Trinajstić information content (AvgIpc) is 3.08. The molecule has 0 aromatic heterocycles. The van der Waals surface area contributed by atoms with Gasteiger partial charge in [-0.3, -0.25) is 0 Å². The molecule has 0 radical (unpaired) electrons. The third-order valence-corrected chi connectivity index (χ3v) is 4.23. The van der Waals surface area contributed by atoms with Gasteiger partial charge in [-0.15, -0.1) is 0 Å². The number of hydrogen-bond acceptors (Lipinski definition) is 2. The quantitative estimate of drug-likeness (QED) is 0.884. The molecule has 0 amide bonds. The van der Waals surface area contributed by atoms with Crippen molar-refractivity contribution in [1.29, 1.82) is 0 Å². The van der Waals surface area contributed by atoms with Gasteiger partial charge >= 0.3 is 0 Å². The highest BCUT2D eigenvalue weighted by molar-refractivity contribution is 9.10. The largest absolute Gasteiger partial charge is 0.389 e. The highest BCUT2D eigenvalue weighted by Crippen LogP contribution is 2.34. The molecule has 18 heavy (non-hydrogen) atoms. The lowest BCUT2D eigenvalue weighted by Gasteiger charge is -2.29. The molecule has 0 saturated heterocycles. The van der Waals surface area contributed by atoms with Crippen LogP contribution in [0.25, 0.3) is 0 Å². The van der Waals surface area contributed by atoms with Gasteiger partial charge in [0.25, 0.3) is 0 Å². The van der Waals surface area contributed by atoms with E-state index in [0.717, 1.165) is 22.5 Å². The molecule has 0 heterocycles. The molecule has 100 valence electrons. The van der Waals surface area contributed by atoms with E-state index in [1.807, 2.05) is 6.07 Å². The van der Waals surface area contributed by atoms with Gasteiger partial charge in [0.2, 0.25) is 0 Å². The maximum atomic E-state index is 9.66. The summed E-state index contributed by atoms with van der Waals surface area (Å²) in [7, 11) is 0. The van der Waals surface area contributed by atoms with Crippen molar-refractivity contribution in [1.82, 2.24) is 0 Å². The number of benzene rings is 1. The summed E-state index contributed by atoms with van der Waals surface area (Å²) in [5, 5.41) is 9.66. The minimum absolute atomic E-state index is 0.427. The first kappa shape index (κ1) is 13.9. The Bertz CT molecular complexity index is 413. The summed E-state index contributed by atoms with van der Waals surface area (Å²) in [6.07, 6.45) is 2.32. The highest BCUT2D eigenvalue weighted by Gasteiger charge is 2.26. The molecule has 0 bridgehead atoms. The zero-order valence-corrected chi connectivity index (χ0v) is 12.9. The zero-order valence-electron chi connectivity index (χ0n) is 11.4. The Morgan fingerprint density at radius 1 is 1.33 bits per heavy atom. The van der Waals surface area contributed by atoms with E-state index in [1.54, 1.807) is 6.92 Å². The summed E-state index contributed by atoms with van der Waals surface area (Å²) >= 11 is 3.56. The molecule has 1 aromatic carbocycles. The normalized spacial score (nSPS) is 17.0. The molecule has 1 N–H and O–H groups in total. The monoisotopic (exact) mass is 311 g/mol. The number of halogens is 1. The molecule has 1 saturated carbocycles. The second-order valence-electron chi connectivity index (χ2n) is 5.57. The van der Waals surface area contributed by atoms with Crippen LogP contribution in [0.1, 0.15) is 45.3 Å². The molecule has 0 unspecified atom stereocenters. The lowest BCUT2D eigenvalue weighted by molar-refractivity contribution is 0.198. The molecule has 2 nitrogen and oxygen atoms in total. The van der Waals surface area contributed by atoms with Crippen molar-refractivity contribution in [2.45, 2.75) is 45.8 Å². The molecule has 1 fully saturated rings. The van der Waals surface area contributed by atoms with Crippen LogP contribution in [0.5, 0.6) is 0 Å². The van der Waals surface area contributed by atoms with E-state index in [0.29, 0.717) is 6.04 Å². The van der Waals surface area contributed by atoms with Gasteiger partial charge in [-0.25, -0.2) is 0 Å². The first-order valence-electron chi connectivity index (χ1n) is 6.73. The Kier molecular flexibility index (Phi) is 4.33. The minimum atomic E-state index is -0.427. The second-order valence-corrected chi connectivity index (χ2v) is 6.43. The average molecular weight is 312 g/mol. The van der Waals surface area contributed by atoms with Gasteiger partial charge in [-0.1, -0.05) is 22.0 Å². The Morgan fingerprint density at radius 3 is 2.44 bits per heavy atom. The third kappa shape index (κ3) is 3.27. The highest BCUT2D eigenvalue weighted by atomic mass is 79.9. The predicted octanol–water partition coefficient (Wildman–Crippen LogP) is 4.13. The van der Waals surface area contributed by atoms with Crippen molar-refractivity contribution in [3.63, 3.8) is 0 Å². The fourth-order valence-electron chi connectivity index (χ4n) is 2.23. The minimum Gasteiger partial charge on any atom is -0.389 e. The van der Waals surface area contributed by atoms with Crippen molar-refractivity contribution < 1.29 is 5.11 Å². The summed E-state index contributed by atoms with van der Waals surface area (Å²) in [5.74, 6) is 0.877. The molecule has 0 aliphatic heterocycles. The fourth-order valence-corrected chi connectivity index (χ4v) is 2.92. The van der Waals surface area contributed by atoms with Gasteiger partial charge < -0.3 is 10.0 Å². The van der Waals surface area contributed by atoms with Crippen LogP contribution in [-0.2, 0) is 0 Å². The van der Waals surface area contributed by atoms with Gasteiger partial charge in [0.05, 0.1) is 6.10 Å². The fraction of sp³-hybridized carbons (Fsp3) is 0.600. The van der Waals surface area contributed by atoms with Crippen LogP contribution in [-0.4, -0.2) is 17.7 Å². The van der Waals surface area contributed by atoms with Gasteiger partial charge in [0.1, 0.15) is 0 Å². The van der Waals surface area contributed by atoms with Gasteiger partial charge in [0.15, 0.2) is 0 Å². The SMILES string of the molecule is CC(C)N(CC1CC1)c1ccc([C@H](C)O)c(Br)c1. The molecular formula is C15H22BrNO. The molecule has 1 aromatic rings. The molecular weight excluding hydrogens is 290 g/mol. The topological polar surface area (TPSA) is 23.5 Å². The van der Waals surface area contributed by atoms with Crippen LogP contribution in [0.3, 0.4) is 0 Å². The maximum absolute atomic E-state index is 9.66. The molecule has 1 aliphatic carbocycles. The van der Waals surface area contributed by atoms with E-state index in [2.05, 4.69) is 46.8 Å². The molecule has 0 spiro atoms. The summed E-state index contributed by atoms with van der Waals surface area (Å²) < 4.78 is 0.997. The molecule has 3 heteroatoms. The van der Waals surface area contributed by atoms with Gasteiger partial charge in [-0.2, -0.15) is 0 Å². The predicted molar refractivity (Wildman–Crippen MR) is 80.0 cm³/mol. The van der Waals surface area contributed by atoms with E-state index in [9.17, 15) is 5.11 Å². The lowest BCUT2D eigenvalue weighted by atomic mass is 10.1. The number of aliphatic hydroxyl groups excluding tert-OH is 1. The zero-order chi connectivity index (χ0) is 13.3. The molecule has 1 aliphatic rings. The van der Waals surface area contributed by atoms with Crippen LogP contribution in [0.2, 0.25) is 0 Å². The van der Waals surface area contributed by atoms with E-state index in [1.165, 1.54) is 18.5 Å². The number of nitrogens with zero attached hydrogens (tertiary/aromatic N) is 1. The molecule has 2 rings (SSSR count). The number of rotatable bonds is 5. The van der Waals surface area contributed by atoms with Crippen molar-refractivity contribution in [3.05, 3.63) is 28.2 Å². The van der Waals surface area contributed by atoms with Crippen molar-refractivity contribution >= 4 is 21.6 Å². The van der Waals surface area contributed by atoms with Crippen LogP contribution >= 0.6 is 15.9 Å². The Morgan fingerprint density at radius 2 is 2.00 bits per heavy atom. The van der Waals surface area contributed by atoms with Crippen molar-refractivity contribution in [2.24, 2.45) is 5.92 Å². The number of hydrogen-bond donors (Lipinski definition) is 1. The van der Waals surface area contributed by atoms with Crippen LogP contribution in [0, 0.1) is 5.92 Å². The smallest absolute Gasteiger partial charge is 0.0772 e. The van der Waals surface area contributed by atoms with Gasteiger partial charge in [-0.05, 0) is 57.2 Å². The Balaban J connectivity index is 2.21. The molecule has 1 atom stereocenters. The second kappa shape index (κ2) is 5.62. The maximum Gasteiger partial charge on any atom is 0.0772 e. The summed E-state index contributed by atoms with van der Waals surface area (Å²) in [4.78, 5) is 2.45. The Labute approximate surface area is 118 Å². The van der Waals surface area contributed by atoms with Gasteiger partial charge in [0, 0.05) is 22.7 Å². The van der Waals surface area contributed by atoms with Crippen LogP contribution < -0.4 is 4.90 Å². The van der Waals surface area contributed by atoms with E-state index < -0.39 is 6.10 Å². The first-order chi connectivity index (χ1) is 8.49. The van der Waals surface area contributed by atoms with Crippen LogP contribution in [0.15, 0.2) is 22.7 Å².